The second-order valence-corrected chi connectivity index (χ2v) is 11.9. The van der Waals surface area contributed by atoms with Crippen molar-refractivity contribution in [2.75, 3.05) is 23.8 Å². The zero-order chi connectivity index (χ0) is 28.7. The first-order valence-corrected chi connectivity index (χ1v) is 14.6. The van der Waals surface area contributed by atoms with E-state index in [-0.39, 0.29) is 5.97 Å². The van der Waals surface area contributed by atoms with Gasteiger partial charge in [-0.15, -0.1) is 0 Å². The maximum absolute atomic E-state index is 13.3. The van der Waals surface area contributed by atoms with Crippen LogP contribution in [0.3, 0.4) is 0 Å². The number of hydrogen-bond donors (Lipinski definition) is 1. The van der Waals surface area contributed by atoms with Crippen molar-refractivity contribution in [2.24, 2.45) is 5.92 Å². The van der Waals surface area contributed by atoms with E-state index in [0.717, 1.165) is 58.2 Å². The standard InChI is InChI=1S/C36H38N2O3/c1-23(2)11-8-9-18-38(5)27-16-17-30-34(21-27)40-33-20-25(4)32(37-26-13-10-12-24(3)19-26)22-31(33)36(30)29-15-7-6-14-28(29)35(39)41-36/h6-7,10,12-17,19-23,37H,8-9,11,18H2,1-5H3. The topological polar surface area (TPSA) is 50.8 Å². The average molecular weight is 547 g/mol. The molecular weight excluding hydrogens is 508 g/mol. The van der Waals surface area contributed by atoms with Crippen LogP contribution in [0.1, 0.15) is 71.3 Å². The van der Waals surface area contributed by atoms with Gasteiger partial charge in [-0.05, 0) is 79.8 Å². The molecule has 0 saturated carbocycles. The Bertz CT molecular complexity index is 1630. The lowest BCUT2D eigenvalue weighted by atomic mass is 9.77. The Morgan fingerprint density at radius 1 is 0.854 bits per heavy atom. The summed E-state index contributed by atoms with van der Waals surface area (Å²) in [6.45, 7) is 9.67. The smallest absolute Gasteiger partial charge is 0.340 e. The molecular formula is C36H38N2O3. The lowest BCUT2D eigenvalue weighted by molar-refractivity contribution is 0.0224. The summed E-state index contributed by atoms with van der Waals surface area (Å²) in [4.78, 5) is 15.6. The SMILES string of the molecule is Cc1cccc(Nc2cc3c(cc2C)Oc2cc(N(C)CCCCC(C)C)ccc2C32OC(=O)c3ccccc32)c1. The van der Waals surface area contributed by atoms with Crippen LogP contribution in [0.2, 0.25) is 0 Å². The van der Waals surface area contributed by atoms with Crippen LogP contribution >= 0.6 is 0 Å². The Labute approximate surface area is 243 Å². The van der Waals surface area contributed by atoms with Gasteiger partial charge in [0.2, 0.25) is 0 Å². The number of ether oxygens (including phenoxy) is 2. The number of fused-ring (bicyclic) bond motifs is 6. The molecule has 0 aliphatic carbocycles. The number of carbonyl (C=O) groups excluding carboxylic acids is 1. The molecule has 0 saturated heterocycles. The fourth-order valence-corrected chi connectivity index (χ4v) is 6.09. The van der Waals surface area contributed by atoms with Crippen molar-refractivity contribution in [1.82, 2.24) is 0 Å². The average Bonchev–Trinajstić information content (AvgIpc) is 3.24. The van der Waals surface area contributed by atoms with Crippen LogP contribution in [0.4, 0.5) is 17.1 Å². The molecule has 1 spiro atoms. The van der Waals surface area contributed by atoms with Gasteiger partial charge in [-0.25, -0.2) is 4.79 Å². The van der Waals surface area contributed by atoms with Crippen LogP contribution in [0.5, 0.6) is 11.5 Å². The summed E-state index contributed by atoms with van der Waals surface area (Å²) in [5, 5.41) is 3.58. The monoisotopic (exact) mass is 546 g/mol. The molecule has 2 aliphatic heterocycles. The van der Waals surface area contributed by atoms with Crippen molar-refractivity contribution >= 4 is 23.0 Å². The number of unbranched alkanes of at least 4 members (excludes halogenated alkanes) is 1. The molecule has 5 heteroatoms. The second-order valence-electron chi connectivity index (χ2n) is 11.9. The summed E-state index contributed by atoms with van der Waals surface area (Å²) >= 11 is 0. The molecule has 0 bridgehead atoms. The molecule has 2 heterocycles. The van der Waals surface area contributed by atoms with Gasteiger partial charge in [-0.2, -0.15) is 0 Å². The highest BCUT2D eigenvalue weighted by Gasteiger charge is 2.53. The zero-order valence-electron chi connectivity index (χ0n) is 24.6. The summed E-state index contributed by atoms with van der Waals surface area (Å²) in [7, 11) is 2.13. The Balaban J connectivity index is 1.44. The molecule has 0 aromatic heterocycles. The van der Waals surface area contributed by atoms with Crippen molar-refractivity contribution in [3.05, 3.63) is 112 Å². The minimum atomic E-state index is -1.10. The van der Waals surface area contributed by atoms with Gasteiger partial charge in [-0.3, -0.25) is 0 Å². The molecule has 4 aromatic carbocycles. The van der Waals surface area contributed by atoms with Crippen molar-refractivity contribution < 1.29 is 14.3 Å². The minimum absolute atomic E-state index is 0.320. The van der Waals surface area contributed by atoms with Crippen molar-refractivity contribution in [3.8, 4) is 11.5 Å². The van der Waals surface area contributed by atoms with E-state index >= 15 is 0 Å². The van der Waals surface area contributed by atoms with Gasteiger partial charge in [-0.1, -0.05) is 57.0 Å². The third kappa shape index (κ3) is 4.84. The Hall–Kier alpha value is -4.25. The van der Waals surface area contributed by atoms with Crippen LogP contribution in [0.15, 0.2) is 78.9 Å². The fraction of sp³-hybridized carbons (Fsp3) is 0.306. The van der Waals surface area contributed by atoms with E-state index in [1.54, 1.807) is 0 Å². The second kappa shape index (κ2) is 10.6. The molecule has 1 unspecified atom stereocenters. The van der Waals surface area contributed by atoms with Gasteiger partial charge >= 0.3 is 5.97 Å². The van der Waals surface area contributed by atoms with Crippen LogP contribution in [-0.2, 0) is 10.3 Å². The summed E-state index contributed by atoms with van der Waals surface area (Å²) in [6, 6.07) is 26.4. The normalized spacial score (nSPS) is 16.6. The number of anilines is 3. The molecule has 41 heavy (non-hydrogen) atoms. The maximum atomic E-state index is 13.3. The molecule has 1 N–H and O–H groups in total. The van der Waals surface area contributed by atoms with E-state index in [1.807, 2.05) is 30.3 Å². The number of aryl methyl sites for hydroxylation is 2. The quantitative estimate of drug-likeness (QED) is 0.177. The van der Waals surface area contributed by atoms with E-state index < -0.39 is 5.60 Å². The number of hydrogen-bond acceptors (Lipinski definition) is 5. The summed E-state index contributed by atoms with van der Waals surface area (Å²) in [6.07, 6.45) is 3.59. The largest absolute Gasteiger partial charge is 0.456 e. The molecule has 4 aromatic rings. The molecule has 0 radical (unpaired) electrons. The van der Waals surface area contributed by atoms with Crippen molar-refractivity contribution in [1.29, 1.82) is 0 Å². The lowest BCUT2D eigenvalue weighted by Crippen LogP contribution is -2.33. The van der Waals surface area contributed by atoms with E-state index in [0.29, 0.717) is 17.1 Å². The van der Waals surface area contributed by atoms with Crippen molar-refractivity contribution in [3.63, 3.8) is 0 Å². The summed E-state index contributed by atoms with van der Waals surface area (Å²) in [5.41, 5.74) is 7.24. The summed E-state index contributed by atoms with van der Waals surface area (Å²) < 4.78 is 13.0. The van der Waals surface area contributed by atoms with Crippen LogP contribution in [0.25, 0.3) is 0 Å². The number of nitrogens with one attached hydrogen (secondary N) is 1. The first-order chi connectivity index (χ1) is 19.8. The Kier molecular flexibility index (Phi) is 6.98. The molecule has 5 nitrogen and oxygen atoms in total. The zero-order valence-corrected chi connectivity index (χ0v) is 24.6. The third-order valence-corrected chi connectivity index (χ3v) is 8.31. The molecule has 6 rings (SSSR count). The first-order valence-electron chi connectivity index (χ1n) is 14.6. The number of nitrogens with zero attached hydrogens (tertiary/aromatic N) is 1. The van der Waals surface area contributed by atoms with E-state index in [4.69, 9.17) is 9.47 Å². The highest BCUT2D eigenvalue weighted by Crippen LogP contribution is 2.57. The number of esters is 1. The van der Waals surface area contributed by atoms with Gasteiger partial charge < -0.3 is 19.7 Å². The van der Waals surface area contributed by atoms with E-state index in [9.17, 15) is 4.79 Å². The molecule has 2 aliphatic rings. The minimum Gasteiger partial charge on any atom is -0.456 e. The molecule has 0 amide bonds. The predicted molar refractivity (Wildman–Crippen MR) is 166 cm³/mol. The van der Waals surface area contributed by atoms with Gasteiger partial charge in [0.15, 0.2) is 5.60 Å². The van der Waals surface area contributed by atoms with Gasteiger partial charge in [0.1, 0.15) is 11.5 Å². The van der Waals surface area contributed by atoms with Crippen molar-refractivity contribution in [2.45, 2.75) is 52.6 Å². The molecule has 1 atom stereocenters. The third-order valence-electron chi connectivity index (χ3n) is 8.31. The maximum Gasteiger partial charge on any atom is 0.340 e. The number of carbonyl (C=O) groups is 1. The number of rotatable bonds is 8. The first kappa shape index (κ1) is 26.9. The Morgan fingerprint density at radius 3 is 2.46 bits per heavy atom. The number of benzene rings is 4. The van der Waals surface area contributed by atoms with E-state index in [2.05, 4.69) is 93.5 Å². The molecule has 0 fully saturated rings. The molecule has 210 valence electrons. The fourth-order valence-electron chi connectivity index (χ4n) is 6.09. The highest BCUT2D eigenvalue weighted by atomic mass is 16.6. The van der Waals surface area contributed by atoms with Crippen LogP contribution < -0.4 is 15.0 Å². The Morgan fingerprint density at radius 2 is 1.66 bits per heavy atom. The predicted octanol–water partition coefficient (Wildman–Crippen LogP) is 8.88. The van der Waals surface area contributed by atoms with Gasteiger partial charge in [0.25, 0.3) is 0 Å². The van der Waals surface area contributed by atoms with Crippen LogP contribution in [0, 0.1) is 19.8 Å². The van der Waals surface area contributed by atoms with Gasteiger partial charge in [0, 0.05) is 53.4 Å². The van der Waals surface area contributed by atoms with E-state index in [1.165, 1.54) is 18.4 Å². The summed E-state index contributed by atoms with van der Waals surface area (Å²) in [5.74, 6) is 1.82. The van der Waals surface area contributed by atoms with Crippen LogP contribution in [-0.4, -0.2) is 19.6 Å². The van der Waals surface area contributed by atoms with Gasteiger partial charge in [0.05, 0.1) is 5.56 Å². The lowest BCUT2D eigenvalue weighted by Gasteiger charge is -2.37. The highest BCUT2D eigenvalue weighted by molar-refractivity contribution is 5.97.